The van der Waals surface area contributed by atoms with Gasteiger partial charge in [0.05, 0.1) is 19.8 Å². The molecule has 0 bridgehead atoms. The van der Waals surface area contributed by atoms with Crippen LogP contribution in [0, 0.1) is 0 Å². The van der Waals surface area contributed by atoms with Gasteiger partial charge in [0.2, 0.25) is 0 Å². The minimum Gasteiger partial charge on any atom is -0.481 e. The van der Waals surface area contributed by atoms with E-state index in [0.29, 0.717) is 26.1 Å². The molecule has 370 valence electrons. The minimum absolute atomic E-state index is 0.0694. The van der Waals surface area contributed by atoms with Gasteiger partial charge in [-0.3, -0.25) is 18.8 Å². The Morgan fingerprint density at radius 3 is 0.817 bits per heavy atom. The van der Waals surface area contributed by atoms with Gasteiger partial charge in [-0.2, -0.15) is 8.42 Å². The quantitative estimate of drug-likeness (QED) is 0.0214. The van der Waals surface area contributed by atoms with Crippen molar-refractivity contribution in [3.8, 4) is 0 Å². The van der Waals surface area contributed by atoms with Crippen LogP contribution < -0.4 is 0 Å². The molecule has 0 aliphatic carbocycles. The molecule has 0 amide bonds. The molecule has 8 N–H and O–H groups in total. The average molecular weight is 894 g/mol. The summed E-state index contributed by atoms with van der Waals surface area (Å²) < 4.78 is 37.4. The Bertz CT molecular complexity index is 764. The summed E-state index contributed by atoms with van der Waals surface area (Å²) in [6, 6.07) is 0. The van der Waals surface area contributed by atoms with Crippen LogP contribution in [0.15, 0.2) is 0 Å². The third-order valence-corrected chi connectivity index (χ3v) is 9.03. The monoisotopic (exact) mass is 894 g/mol. The number of carboxylic acids is 1. The van der Waals surface area contributed by atoms with Gasteiger partial charge in [0.1, 0.15) is 0 Å². The predicted octanol–water partition coefficient (Wildman–Crippen LogP) is 10.4. The SMILES string of the molecule is CCCCCCCCCCCC(=O)O.CCCCCCCCCCCCOCCCCCCCCCCCC.CCO.CCO.O=S(=O)(O)O.OCCN(CCO)CCO. The number of rotatable bonds is 38. The number of hydrogen-bond donors (Lipinski definition) is 8. The van der Waals surface area contributed by atoms with Gasteiger partial charge in [0.25, 0.3) is 0 Å². The maximum absolute atomic E-state index is 10.2. The largest absolute Gasteiger partial charge is 0.481 e. The third kappa shape index (κ3) is 106. The van der Waals surface area contributed by atoms with E-state index in [2.05, 4.69) is 20.8 Å². The summed E-state index contributed by atoms with van der Waals surface area (Å²) in [7, 11) is -4.67. The topological polar surface area (TPSA) is 226 Å². The number of aliphatic hydroxyl groups is 5. The fourth-order valence-corrected chi connectivity index (χ4v) is 5.83. The lowest BCUT2D eigenvalue weighted by Gasteiger charge is -2.17. The maximum Gasteiger partial charge on any atom is 0.394 e. The smallest absolute Gasteiger partial charge is 0.394 e. The first-order valence-electron chi connectivity index (χ1n) is 24.1. The molecule has 0 radical (unpaired) electrons. The molecule has 14 heteroatoms. The fourth-order valence-electron chi connectivity index (χ4n) is 5.83. The number of hydrogen-bond acceptors (Lipinski definition) is 10. The lowest BCUT2D eigenvalue weighted by Crippen LogP contribution is -2.32. The molecule has 0 saturated heterocycles. The number of unbranched alkanes of at least 4 members (excludes halogenated alkanes) is 26. The highest BCUT2D eigenvalue weighted by Crippen LogP contribution is 2.13. The Morgan fingerprint density at radius 1 is 0.417 bits per heavy atom. The van der Waals surface area contributed by atoms with Gasteiger partial charge in [-0.15, -0.1) is 0 Å². The van der Waals surface area contributed by atoms with Crippen LogP contribution in [0.3, 0.4) is 0 Å². The normalized spacial score (nSPS) is 10.5. The van der Waals surface area contributed by atoms with Crippen molar-refractivity contribution in [3.05, 3.63) is 0 Å². The zero-order chi connectivity index (χ0) is 46.6. The van der Waals surface area contributed by atoms with Crippen molar-refractivity contribution in [2.75, 3.05) is 65.9 Å². The second-order valence-corrected chi connectivity index (χ2v) is 15.9. The molecule has 0 rings (SSSR count). The molecule has 0 fully saturated rings. The minimum atomic E-state index is -4.67. The van der Waals surface area contributed by atoms with E-state index in [0.717, 1.165) is 26.1 Å². The van der Waals surface area contributed by atoms with E-state index in [1.165, 1.54) is 173 Å². The maximum atomic E-state index is 10.2. The molecule has 0 saturated carbocycles. The Kier molecular flexibility index (Phi) is 82.2. The van der Waals surface area contributed by atoms with Gasteiger partial charge in [0, 0.05) is 52.5 Å². The summed E-state index contributed by atoms with van der Waals surface area (Å²) in [5.41, 5.74) is 0. The van der Waals surface area contributed by atoms with Gasteiger partial charge in [0.15, 0.2) is 0 Å². The molecule has 0 aromatic rings. The van der Waals surface area contributed by atoms with Gasteiger partial charge in [-0.05, 0) is 33.1 Å². The molecule has 0 heterocycles. The molecule has 0 unspecified atom stereocenters. The van der Waals surface area contributed by atoms with Crippen LogP contribution in [-0.2, 0) is 19.9 Å². The van der Waals surface area contributed by atoms with E-state index >= 15 is 0 Å². The predicted molar refractivity (Wildman–Crippen MR) is 251 cm³/mol. The average Bonchev–Trinajstić information content (AvgIpc) is 3.18. The molecule has 0 aromatic carbocycles. The van der Waals surface area contributed by atoms with E-state index in [-0.39, 0.29) is 33.0 Å². The van der Waals surface area contributed by atoms with E-state index < -0.39 is 16.4 Å². The number of aliphatic hydroxyl groups excluding tert-OH is 5. The fraction of sp³-hybridized carbons (Fsp3) is 0.978. The van der Waals surface area contributed by atoms with Crippen LogP contribution in [-0.4, -0.2) is 125 Å². The van der Waals surface area contributed by atoms with Crippen molar-refractivity contribution in [2.45, 2.75) is 227 Å². The molecule has 0 aliphatic heterocycles. The van der Waals surface area contributed by atoms with E-state index in [9.17, 15) is 4.79 Å². The van der Waals surface area contributed by atoms with Gasteiger partial charge in [-0.1, -0.05) is 188 Å². The lowest BCUT2D eigenvalue weighted by atomic mass is 10.1. The van der Waals surface area contributed by atoms with Crippen molar-refractivity contribution >= 4 is 16.4 Å². The molecule has 0 aromatic heterocycles. The molecule has 13 nitrogen and oxygen atoms in total. The van der Waals surface area contributed by atoms with Crippen molar-refractivity contribution in [1.29, 1.82) is 0 Å². The van der Waals surface area contributed by atoms with Crippen LogP contribution in [0.25, 0.3) is 0 Å². The summed E-state index contributed by atoms with van der Waals surface area (Å²) in [6.07, 6.45) is 39.6. The van der Waals surface area contributed by atoms with Gasteiger partial charge >= 0.3 is 16.4 Å². The Morgan fingerprint density at radius 2 is 0.617 bits per heavy atom. The first-order valence-corrected chi connectivity index (χ1v) is 25.5. The third-order valence-electron chi connectivity index (χ3n) is 9.03. The van der Waals surface area contributed by atoms with Gasteiger partial charge in [-0.25, -0.2) is 0 Å². The van der Waals surface area contributed by atoms with Crippen LogP contribution in [0.2, 0.25) is 0 Å². The van der Waals surface area contributed by atoms with E-state index in [4.69, 9.17) is 52.9 Å². The number of nitrogens with zero attached hydrogens (tertiary/aromatic N) is 1. The Labute approximate surface area is 371 Å². The molecular formula is C46H103NO12S. The first kappa shape index (κ1) is 70.7. The standard InChI is InChI=1S/C24H50O.C12H24O2.C6H15NO3.2C2H6O.H2O4S/c1-3-5-7-9-11-13-15-17-19-21-23-25-24-22-20-18-16-14-12-10-8-6-4-2;1-2-3-4-5-6-7-8-9-10-11-12(13)14;8-4-1-7(2-5-9)3-6-10;2*1-2-3;1-5(2,3)4/h3-24H2,1-2H3;2-11H2,1H3,(H,13,14);8-10H,1-6H2;2*3H,2H2,1H3;(H2,1,2,3,4). The summed E-state index contributed by atoms with van der Waals surface area (Å²) in [4.78, 5) is 12.0. The summed E-state index contributed by atoms with van der Waals surface area (Å²) in [6.45, 7) is 14.4. The number of carboxylic acid groups (broad SMARTS) is 1. The van der Waals surface area contributed by atoms with Crippen molar-refractivity contribution in [1.82, 2.24) is 4.90 Å². The number of aliphatic carboxylic acids is 1. The number of ether oxygens (including phenoxy) is 1. The Balaban J connectivity index is -0.000000174. The number of carbonyl (C=O) groups is 1. The van der Waals surface area contributed by atoms with Crippen molar-refractivity contribution in [3.63, 3.8) is 0 Å². The lowest BCUT2D eigenvalue weighted by molar-refractivity contribution is -0.137. The molecule has 60 heavy (non-hydrogen) atoms. The highest BCUT2D eigenvalue weighted by atomic mass is 32.3. The zero-order valence-electron chi connectivity index (χ0n) is 39.9. The van der Waals surface area contributed by atoms with Crippen LogP contribution in [0.5, 0.6) is 0 Å². The van der Waals surface area contributed by atoms with E-state index in [1.807, 2.05) is 0 Å². The molecule has 0 spiro atoms. The summed E-state index contributed by atoms with van der Waals surface area (Å²) >= 11 is 0. The highest BCUT2D eigenvalue weighted by Gasteiger charge is 2.01. The van der Waals surface area contributed by atoms with Crippen LogP contribution in [0.4, 0.5) is 0 Å². The van der Waals surface area contributed by atoms with Crippen LogP contribution in [0.1, 0.15) is 227 Å². The Hall–Kier alpha value is -0.940. The molecule has 0 atom stereocenters. The molecular weight excluding hydrogens is 791 g/mol. The summed E-state index contributed by atoms with van der Waals surface area (Å²) in [5, 5.41) is 49.0. The second-order valence-electron chi connectivity index (χ2n) is 15.0. The zero-order valence-corrected chi connectivity index (χ0v) is 40.7. The van der Waals surface area contributed by atoms with Crippen molar-refractivity contribution < 1.29 is 57.7 Å². The van der Waals surface area contributed by atoms with Gasteiger partial charge < -0.3 is 35.4 Å². The molecule has 0 aliphatic rings. The second kappa shape index (κ2) is 69.7. The van der Waals surface area contributed by atoms with E-state index in [1.54, 1.807) is 18.7 Å². The first-order chi connectivity index (χ1) is 28.9. The highest BCUT2D eigenvalue weighted by molar-refractivity contribution is 7.79. The van der Waals surface area contributed by atoms with Crippen LogP contribution >= 0.6 is 0 Å². The van der Waals surface area contributed by atoms with Crippen molar-refractivity contribution in [2.24, 2.45) is 0 Å². The summed E-state index contributed by atoms with van der Waals surface area (Å²) in [5.74, 6) is -0.659.